The van der Waals surface area contributed by atoms with Crippen LogP contribution in [0.25, 0.3) is 0 Å². The molecule has 1 saturated carbocycles. The normalized spacial score (nSPS) is 17.9. The standard InChI is InChI=1S/C20H24N2O3S/c1-25-20-10-6-16(7-11-20)14-22(19-8-9-19)26(23,24)21-13-12-17-4-2-3-5-18(17)15-21/h2-7,10-11,19H,8-9,12-15H2,1H3. The van der Waals surface area contributed by atoms with E-state index in [0.717, 1.165) is 36.1 Å². The molecule has 1 aliphatic carbocycles. The molecule has 138 valence electrons. The topological polar surface area (TPSA) is 49.9 Å². The second kappa shape index (κ2) is 7.02. The molecule has 2 aromatic carbocycles. The summed E-state index contributed by atoms with van der Waals surface area (Å²) in [5.74, 6) is 0.780. The van der Waals surface area contributed by atoms with Gasteiger partial charge in [-0.05, 0) is 48.1 Å². The van der Waals surface area contributed by atoms with E-state index in [-0.39, 0.29) is 6.04 Å². The third-order valence-corrected chi connectivity index (χ3v) is 7.15. The lowest BCUT2D eigenvalue weighted by molar-refractivity contribution is 0.315. The SMILES string of the molecule is COc1ccc(CN(C2CC2)S(=O)(=O)N2CCc3ccccc3C2)cc1. The minimum absolute atomic E-state index is 0.124. The Morgan fingerprint density at radius 1 is 1.08 bits per heavy atom. The molecule has 0 aromatic heterocycles. The predicted octanol–water partition coefficient (Wildman–Crippen LogP) is 2.96. The Morgan fingerprint density at radius 3 is 2.42 bits per heavy atom. The van der Waals surface area contributed by atoms with E-state index in [0.29, 0.717) is 19.6 Å². The van der Waals surface area contributed by atoms with E-state index in [9.17, 15) is 8.42 Å². The fourth-order valence-electron chi connectivity index (χ4n) is 3.49. The van der Waals surface area contributed by atoms with Crippen molar-refractivity contribution in [3.8, 4) is 5.75 Å². The summed E-state index contributed by atoms with van der Waals surface area (Å²) in [6.07, 6.45) is 2.66. The summed E-state index contributed by atoms with van der Waals surface area (Å²) in [6.45, 7) is 1.42. The van der Waals surface area contributed by atoms with Crippen molar-refractivity contribution in [3.63, 3.8) is 0 Å². The highest BCUT2D eigenvalue weighted by Gasteiger charge is 2.41. The van der Waals surface area contributed by atoms with Crippen LogP contribution in [0.5, 0.6) is 5.75 Å². The van der Waals surface area contributed by atoms with Crippen LogP contribution in [0.2, 0.25) is 0 Å². The summed E-state index contributed by atoms with van der Waals surface area (Å²) >= 11 is 0. The van der Waals surface area contributed by atoms with Crippen LogP contribution in [0.3, 0.4) is 0 Å². The lowest BCUT2D eigenvalue weighted by Crippen LogP contribution is -2.46. The molecule has 5 nitrogen and oxygen atoms in total. The highest BCUT2D eigenvalue weighted by molar-refractivity contribution is 7.86. The van der Waals surface area contributed by atoms with E-state index < -0.39 is 10.2 Å². The number of rotatable bonds is 6. The van der Waals surface area contributed by atoms with Crippen LogP contribution in [0.4, 0.5) is 0 Å². The zero-order valence-corrected chi connectivity index (χ0v) is 15.8. The second-order valence-corrected chi connectivity index (χ2v) is 8.87. The Labute approximate surface area is 155 Å². The first-order valence-electron chi connectivity index (χ1n) is 9.04. The van der Waals surface area contributed by atoms with Gasteiger partial charge in [0.25, 0.3) is 10.2 Å². The molecule has 26 heavy (non-hydrogen) atoms. The number of benzene rings is 2. The van der Waals surface area contributed by atoms with Gasteiger partial charge in [-0.15, -0.1) is 0 Å². The van der Waals surface area contributed by atoms with Gasteiger partial charge in [0.15, 0.2) is 0 Å². The smallest absolute Gasteiger partial charge is 0.282 e. The van der Waals surface area contributed by atoms with Crippen LogP contribution in [0.1, 0.15) is 29.5 Å². The van der Waals surface area contributed by atoms with Crippen molar-refractivity contribution in [1.29, 1.82) is 0 Å². The maximum Gasteiger partial charge on any atom is 0.282 e. The number of methoxy groups -OCH3 is 1. The molecule has 0 radical (unpaired) electrons. The fraction of sp³-hybridized carbons (Fsp3) is 0.400. The Morgan fingerprint density at radius 2 is 1.77 bits per heavy atom. The van der Waals surface area contributed by atoms with Crippen molar-refractivity contribution < 1.29 is 13.2 Å². The molecule has 0 amide bonds. The highest BCUT2D eigenvalue weighted by atomic mass is 32.2. The van der Waals surface area contributed by atoms with Crippen molar-refractivity contribution in [3.05, 3.63) is 65.2 Å². The maximum absolute atomic E-state index is 13.3. The number of nitrogens with zero attached hydrogens (tertiary/aromatic N) is 2. The Hall–Kier alpha value is -1.89. The Balaban J connectivity index is 1.55. The molecule has 1 aliphatic heterocycles. The molecule has 0 spiro atoms. The van der Waals surface area contributed by atoms with Crippen molar-refractivity contribution >= 4 is 10.2 Å². The molecule has 0 N–H and O–H groups in total. The molecule has 0 saturated heterocycles. The van der Waals surface area contributed by atoms with Gasteiger partial charge in [0.2, 0.25) is 0 Å². The van der Waals surface area contributed by atoms with Gasteiger partial charge in [-0.1, -0.05) is 36.4 Å². The largest absolute Gasteiger partial charge is 0.497 e. The lowest BCUT2D eigenvalue weighted by atomic mass is 10.0. The zero-order valence-electron chi connectivity index (χ0n) is 15.0. The molecule has 0 unspecified atom stereocenters. The molecule has 2 aromatic rings. The van der Waals surface area contributed by atoms with Crippen molar-refractivity contribution in [2.45, 2.75) is 38.4 Å². The average molecular weight is 372 g/mol. The summed E-state index contributed by atoms with van der Waals surface area (Å²) < 4.78 is 35.2. The third kappa shape index (κ3) is 3.49. The van der Waals surface area contributed by atoms with Crippen molar-refractivity contribution in [2.24, 2.45) is 0 Å². The van der Waals surface area contributed by atoms with Gasteiger partial charge in [-0.2, -0.15) is 17.0 Å². The number of fused-ring (bicyclic) bond motifs is 1. The van der Waals surface area contributed by atoms with Gasteiger partial charge >= 0.3 is 0 Å². The summed E-state index contributed by atoms with van der Waals surface area (Å²) in [4.78, 5) is 0. The lowest BCUT2D eigenvalue weighted by Gasteiger charge is -2.33. The van der Waals surface area contributed by atoms with Crippen molar-refractivity contribution in [1.82, 2.24) is 8.61 Å². The monoisotopic (exact) mass is 372 g/mol. The van der Waals surface area contributed by atoms with Gasteiger partial charge in [-0.25, -0.2) is 0 Å². The maximum atomic E-state index is 13.3. The third-order valence-electron chi connectivity index (χ3n) is 5.17. The van der Waals surface area contributed by atoms with E-state index in [1.165, 1.54) is 5.56 Å². The first-order valence-corrected chi connectivity index (χ1v) is 10.4. The quantitative estimate of drug-likeness (QED) is 0.783. The van der Waals surface area contributed by atoms with Crippen LogP contribution in [0.15, 0.2) is 48.5 Å². The molecule has 1 heterocycles. The number of ether oxygens (including phenoxy) is 1. The molecular weight excluding hydrogens is 348 g/mol. The second-order valence-electron chi connectivity index (χ2n) is 6.98. The highest BCUT2D eigenvalue weighted by Crippen LogP contribution is 2.34. The number of hydrogen-bond acceptors (Lipinski definition) is 3. The molecule has 0 atom stereocenters. The van der Waals surface area contributed by atoms with E-state index >= 15 is 0 Å². The van der Waals surface area contributed by atoms with E-state index in [2.05, 4.69) is 6.07 Å². The first-order chi connectivity index (χ1) is 12.6. The Kier molecular flexibility index (Phi) is 4.73. The van der Waals surface area contributed by atoms with Crippen LogP contribution >= 0.6 is 0 Å². The molecule has 0 bridgehead atoms. The average Bonchev–Trinajstić information content (AvgIpc) is 3.51. The van der Waals surface area contributed by atoms with Gasteiger partial charge in [0, 0.05) is 25.7 Å². The van der Waals surface area contributed by atoms with Crippen LogP contribution in [-0.2, 0) is 29.7 Å². The fourth-order valence-corrected chi connectivity index (χ4v) is 5.31. The Bertz CT molecular complexity index is 876. The minimum Gasteiger partial charge on any atom is -0.497 e. The van der Waals surface area contributed by atoms with Gasteiger partial charge < -0.3 is 4.74 Å². The first kappa shape index (κ1) is 17.5. The summed E-state index contributed by atoms with van der Waals surface area (Å²) in [5.41, 5.74) is 3.35. The van der Waals surface area contributed by atoms with Gasteiger partial charge in [0.1, 0.15) is 5.75 Å². The summed E-state index contributed by atoms with van der Waals surface area (Å²) in [5, 5.41) is 0. The zero-order chi connectivity index (χ0) is 18.1. The van der Waals surface area contributed by atoms with Crippen LogP contribution in [0, 0.1) is 0 Å². The van der Waals surface area contributed by atoms with Gasteiger partial charge in [-0.3, -0.25) is 0 Å². The van der Waals surface area contributed by atoms with Crippen molar-refractivity contribution in [2.75, 3.05) is 13.7 Å². The predicted molar refractivity (Wildman–Crippen MR) is 101 cm³/mol. The molecule has 6 heteroatoms. The van der Waals surface area contributed by atoms with E-state index in [4.69, 9.17) is 4.74 Å². The van der Waals surface area contributed by atoms with Crippen LogP contribution < -0.4 is 4.74 Å². The van der Waals surface area contributed by atoms with E-state index in [1.807, 2.05) is 42.5 Å². The molecule has 2 aliphatic rings. The molecule has 1 fully saturated rings. The molecular formula is C20H24N2O3S. The van der Waals surface area contributed by atoms with Crippen LogP contribution in [-0.4, -0.2) is 36.7 Å². The summed E-state index contributed by atoms with van der Waals surface area (Å²) in [6, 6.07) is 15.9. The number of hydrogen-bond donors (Lipinski definition) is 0. The minimum atomic E-state index is -3.48. The van der Waals surface area contributed by atoms with Gasteiger partial charge in [0.05, 0.1) is 7.11 Å². The molecule has 4 rings (SSSR count). The summed E-state index contributed by atoms with van der Waals surface area (Å²) in [7, 11) is -1.85. The van der Waals surface area contributed by atoms with E-state index in [1.54, 1.807) is 15.7 Å².